The van der Waals surface area contributed by atoms with E-state index in [4.69, 9.17) is 10.5 Å². The number of hydrogen-bond donors (Lipinski definition) is 1. The molecule has 0 aromatic rings. The van der Waals surface area contributed by atoms with Crippen molar-refractivity contribution < 1.29 is 22.7 Å². The second-order valence-electron chi connectivity index (χ2n) is 5.87. The standard InChI is InChI=1S/C12H21F3N2O2/c1-11(2,3)19-10(18)17-6-4-8(5-7-17)9(16)12(13,14)15/h8-9H,4-7,16H2,1-3H3/t9-/m0/s1. The van der Waals surface area contributed by atoms with Crippen LogP contribution in [0.4, 0.5) is 18.0 Å². The van der Waals surface area contributed by atoms with Crippen molar-refractivity contribution in [3.63, 3.8) is 0 Å². The van der Waals surface area contributed by atoms with Crippen molar-refractivity contribution in [3.8, 4) is 0 Å². The third kappa shape index (κ3) is 4.89. The Morgan fingerprint density at radius 1 is 1.26 bits per heavy atom. The van der Waals surface area contributed by atoms with E-state index in [2.05, 4.69) is 0 Å². The third-order valence-electron chi connectivity index (χ3n) is 3.08. The van der Waals surface area contributed by atoms with Crippen LogP contribution in [0.1, 0.15) is 33.6 Å². The lowest BCUT2D eigenvalue weighted by molar-refractivity contribution is -0.162. The zero-order valence-corrected chi connectivity index (χ0v) is 11.5. The van der Waals surface area contributed by atoms with Gasteiger partial charge in [0.2, 0.25) is 0 Å². The molecule has 0 aromatic carbocycles. The Morgan fingerprint density at radius 3 is 2.11 bits per heavy atom. The second kappa shape index (κ2) is 5.56. The molecule has 1 heterocycles. The maximum Gasteiger partial charge on any atom is 0.410 e. The monoisotopic (exact) mass is 282 g/mol. The van der Waals surface area contributed by atoms with Gasteiger partial charge in [0.1, 0.15) is 11.6 Å². The van der Waals surface area contributed by atoms with Gasteiger partial charge in [-0.3, -0.25) is 0 Å². The fraction of sp³-hybridized carbons (Fsp3) is 0.917. The molecule has 2 N–H and O–H groups in total. The molecule has 0 aromatic heterocycles. The number of halogens is 3. The van der Waals surface area contributed by atoms with E-state index in [1.165, 1.54) is 4.90 Å². The first-order valence-electron chi connectivity index (χ1n) is 6.31. The maximum atomic E-state index is 12.5. The Hall–Kier alpha value is -0.980. The second-order valence-corrected chi connectivity index (χ2v) is 5.87. The number of piperidine rings is 1. The highest BCUT2D eigenvalue weighted by Gasteiger charge is 2.43. The molecule has 0 radical (unpaired) electrons. The van der Waals surface area contributed by atoms with Crippen molar-refractivity contribution in [2.24, 2.45) is 11.7 Å². The van der Waals surface area contributed by atoms with Gasteiger partial charge in [0.25, 0.3) is 0 Å². The molecular weight excluding hydrogens is 261 g/mol. The molecule has 0 bridgehead atoms. The summed E-state index contributed by atoms with van der Waals surface area (Å²) in [5.41, 5.74) is 4.59. The van der Waals surface area contributed by atoms with Crippen molar-refractivity contribution in [2.75, 3.05) is 13.1 Å². The van der Waals surface area contributed by atoms with Crippen LogP contribution in [-0.2, 0) is 4.74 Å². The van der Waals surface area contributed by atoms with Gasteiger partial charge in [-0.25, -0.2) is 4.79 Å². The third-order valence-corrected chi connectivity index (χ3v) is 3.08. The summed E-state index contributed by atoms with van der Waals surface area (Å²) < 4.78 is 42.6. The van der Waals surface area contributed by atoms with Crippen molar-refractivity contribution >= 4 is 6.09 Å². The van der Waals surface area contributed by atoms with E-state index in [9.17, 15) is 18.0 Å². The maximum absolute atomic E-state index is 12.5. The van der Waals surface area contributed by atoms with Crippen LogP contribution in [0.5, 0.6) is 0 Å². The molecule has 0 saturated carbocycles. The molecular formula is C12H21F3N2O2. The van der Waals surface area contributed by atoms with Gasteiger partial charge >= 0.3 is 12.3 Å². The minimum absolute atomic E-state index is 0.250. The number of likely N-dealkylation sites (tertiary alicyclic amines) is 1. The molecule has 0 aliphatic carbocycles. The number of nitrogens with two attached hydrogens (primary N) is 1. The molecule has 1 amide bonds. The van der Waals surface area contributed by atoms with Gasteiger partial charge < -0.3 is 15.4 Å². The topological polar surface area (TPSA) is 55.6 Å². The number of ether oxygens (including phenoxy) is 1. The number of carbonyl (C=O) groups is 1. The highest BCUT2D eigenvalue weighted by molar-refractivity contribution is 5.68. The summed E-state index contributed by atoms with van der Waals surface area (Å²) in [5.74, 6) is -0.626. The summed E-state index contributed by atoms with van der Waals surface area (Å²) in [4.78, 5) is 13.2. The summed E-state index contributed by atoms with van der Waals surface area (Å²) in [6.07, 6.45) is -4.36. The van der Waals surface area contributed by atoms with E-state index in [0.29, 0.717) is 0 Å². The number of hydrogen-bond acceptors (Lipinski definition) is 3. The Morgan fingerprint density at radius 2 is 1.74 bits per heavy atom. The van der Waals surface area contributed by atoms with Gasteiger partial charge in [-0.1, -0.05) is 0 Å². The predicted molar refractivity (Wildman–Crippen MR) is 64.6 cm³/mol. The molecule has 19 heavy (non-hydrogen) atoms. The lowest BCUT2D eigenvalue weighted by Crippen LogP contribution is -2.49. The van der Waals surface area contributed by atoms with E-state index in [0.717, 1.165) is 0 Å². The Kier molecular flexibility index (Phi) is 4.71. The van der Waals surface area contributed by atoms with Gasteiger partial charge in [0.05, 0.1) is 0 Å². The number of carbonyl (C=O) groups excluding carboxylic acids is 1. The largest absolute Gasteiger partial charge is 0.444 e. The Labute approximate surface area is 111 Å². The number of rotatable bonds is 1. The number of alkyl halides is 3. The van der Waals surface area contributed by atoms with Crippen LogP contribution in [0.15, 0.2) is 0 Å². The molecule has 1 fully saturated rings. The van der Waals surface area contributed by atoms with Gasteiger partial charge in [-0.15, -0.1) is 0 Å². The van der Waals surface area contributed by atoms with Crippen LogP contribution >= 0.6 is 0 Å². The lowest BCUT2D eigenvalue weighted by atomic mass is 9.90. The first-order chi connectivity index (χ1) is 8.50. The molecule has 1 aliphatic heterocycles. The summed E-state index contributed by atoms with van der Waals surface area (Å²) in [7, 11) is 0. The zero-order chi connectivity index (χ0) is 14.8. The quantitative estimate of drug-likeness (QED) is 0.804. The molecule has 1 saturated heterocycles. The molecule has 0 unspecified atom stereocenters. The minimum Gasteiger partial charge on any atom is -0.444 e. The van der Waals surface area contributed by atoms with Gasteiger partial charge in [-0.05, 0) is 39.5 Å². The summed E-state index contributed by atoms with van der Waals surface area (Å²) >= 11 is 0. The summed E-state index contributed by atoms with van der Waals surface area (Å²) in [6.45, 7) is 5.75. The van der Waals surface area contributed by atoms with Crippen LogP contribution in [0.3, 0.4) is 0 Å². The van der Waals surface area contributed by atoms with E-state index >= 15 is 0 Å². The Balaban J connectivity index is 2.47. The van der Waals surface area contributed by atoms with Crippen LogP contribution in [0.2, 0.25) is 0 Å². The molecule has 4 nitrogen and oxygen atoms in total. The van der Waals surface area contributed by atoms with Crippen LogP contribution in [-0.4, -0.2) is 41.9 Å². The predicted octanol–water partition coefficient (Wildman–Crippen LogP) is 2.52. The van der Waals surface area contributed by atoms with Gasteiger partial charge in [0.15, 0.2) is 0 Å². The molecule has 1 atom stereocenters. The first kappa shape index (κ1) is 16.1. The average Bonchev–Trinajstić information content (AvgIpc) is 2.24. The fourth-order valence-corrected chi connectivity index (χ4v) is 2.03. The van der Waals surface area contributed by atoms with Crippen molar-refractivity contribution in [1.29, 1.82) is 0 Å². The highest BCUT2D eigenvalue weighted by Crippen LogP contribution is 2.30. The Bertz CT molecular complexity index is 318. The smallest absolute Gasteiger partial charge is 0.410 e. The average molecular weight is 282 g/mol. The molecule has 112 valence electrons. The SMILES string of the molecule is CC(C)(C)OC(=O)N1CCC([C@H](N)C(F)(F)F)CC1. The first-order valence-corrected chi connectivity index (χ1v) is 6.31. The molecule has 7 heteroatoms. The van der Waals surface area contributed by atoms with Gasteiger partial charge in [0, 0.05) is 13.1 Å². The van der Waals surface area contributed by atoms with E-state index in [-0.39, 0.29) is 25.9 Å². The fourth-order valence-electron chi connectivity index (χ4n) is 2.03. The van der Waals surface area contributed by atoms with Crippen molar-refractivity contribution in [2.45, 2.75) is 51.4 Å². The highest BCUT2D eigenvalue weighted by atomic mass is 19.4. The van der Waals surface area contributed by atoms with Crippen LogP contribution in [0.25, 0.3) is 0 Å². The van der Waals surface area contributed by atoms with Crippen LogP contribution in [0, 0.1) is 5.92 Å². The van der Waals surface area contributed by atoms with Crippen molar-refractivity contribution in [1.82, 2.24) is 4.90 Å². The molecule has 0 spiro atoms. The van der Waals surface area contributed by atoms with E-state index < -0.39 is 29.8 Å². The van der Waals surface area contributed by atoms with E-state index in [1.54, 1.807) is 20.8 Å². The zero-order valence-electron chi connectivity index (χ0n) is 11.5. The van der Waals surface area contributed by atoms with Crippen molar-refractivity contribution in [3.05, 3.63) is 0 Å². The molecule has 1 aliphatic rings. The van der Waals surface area contributed by atoms with E-state index in [1.807, 2.05) is 0 Å². The number of nitrogens with zero attached hydrogens (tertiary/aromatic N) is 1. The van der Waals surface area contributed by atoms with Gasteiger partial charge in [-0.2, -0.15) is 13.2 Å². The summed E-state index contributed by atoms with van der Waals surface area (Å²) in [5, 5.41) is 0. The minimum atomic E-state index is -4.38. The normalized spacial score (nSPS) is 20.3. The van der Waals surface area contributed by atoms with Crippen LogP contribution < -0.4 is 5.73 Å². The molecule has 1 rings (SSSR count). The summed E-state index contributed by atoms with van der Waals surface area (Å²) in [6, 6.07) is -1.81. The number of amides is 1. The lowest BCUT2D eigenvalue weighted by Gasteiger charge is -2.36.